The van der Waals surface area contributed by atoms with Gasteiger partial charge in [-0.2, -0.15) is 36.9 Å². The van der Waals surface area contributed by atoms with Gasteiger partial charge in [0.05, 0.1) is 23.3 Å². The van der Waals surface area contributed by atoms with Crippen molar-refractivity contribution in [2.45, 2.75) is 31.6 Å². The molecule has 0 atom stereocenters. The maximum Gasteiger partial charge on any atom is 0.380 e. The number of aryl methyl sites for hydroxylation is 2. The van der Waals surface area contributed by atoms with E-state index in [1.807, 2.05) is 12.1 Å². The SMILES string of the molecule is Cc1oc(/C=C(\C#N)c2ccncc2)cc1C1=C(c2cc(/C=C(\C#N)c3ccncc3)oc2C)C(F)(F)C(F)(F)C1(F)F. The zero-order valence-electron chi connectivity index (χ0n) is 22.3. The molecule has 0 saturated carbocycles. The lowest BCUT2D eigenvalue weighted by molar-refractivity contribution is -0.254. The molecule has 4 heterocycles. The Balaban J connectivity index is 1.71. The van der Waals surface area contributed by atoms with E-state index >= 15 is 17.6 Å². The Kier molecular flexibility index (Phi) is 7.10. The van der Waals surface area contributed by atoms with Gasteiger partial charge in [0.2, 0.25) is 0 Å². The van der Waals surface area contributed by atoms with Crippen molar-refractivity contribution in [3.05, 3.63) is 106 Å². The monoisotopic (exact) mass is 592 g/mol. The molecule has 1 aliphatic carbocycles. The minimum Gasteiger partial charge on any atom is -0.461 e. The molecule has 0 spiro atoms. The molecule has 43 heavy (non-hydrogen) atoms. The average molecular weight is 592 g/mol. The standard InChI is InChI=1S/C31H18F6N4O2/c1-17-25(13-23(42-17)11-21(15-38)19-3-7-40-8-4-19)27-28(30(34,35)31(36,37)29(27,32)33)26-14-24(43-18(26)2)12-22(16-39)20-5-9-41-10-6-20/h3-14H,1-2H3/b21-11+,22-12+. The van der Waals surface area contributed by atoms with E-state index in [2.05, 4.69) is 9.97 Å². The van der Waals surface area contributed by atoms with Crippen molar-refractivity contribution in [2.75, 3.05) is 0 Å². The first kappa shape index (κ1) is 29.1. The van der Waals surface area contributed by atoms with Gasteiger partial charge < -0.3 is 8.83 Å². The van der Waals surface area contributed by atoms with Crippen LogP contribution in [-0.4, -0.2) is 27.7 Å². The first-order valence-electron chi connectivity index (χ1n) is 12.5. The van der Waals surface area contributed by atoms with Crippen molar-refractivity contribution in [1.82, 2.24) is 9.97 Å². The molecule has 0 bridgehead atoms. The summed E-state index contributed by atoms with van der Waals surface area (Å²) in [5.74, 6) is -17.6. The molecule has 0 fully saturated rings. The van der Waals surface area contributed by atoms with E-state index in [1.54, 1.807) is 0 Å². The summed E-state index contributed by atoms with van der Waals surface area (Å²) in [6.45, 7) is 2.32. The van der Waals surface area contributed by atoms with Crippen molar-refractivity contribution >= 4 is 34.4 Å². The van der Waals surface area contributed by atoms with Gasteiger partial charge in [0, 0.05) is 47.1 Å². The highest BCUT2D eigenvalue weighted by Gasteiger charge is 2.80. The smallest absolute Gasteiger partial charge is 0.380 e. The molecule has 0 radical (unpaired) electrons. The zero-order valence-corrected chi connectivity index (χ0v) is 22.3. The lowest BCUT2D eigenvalue weighted by Crippen LogP contribution is -2.48. The Morgan fingerprint density at radius 1 is 0.674 bits per heavy atom. The van der Waals surface area contributed by atoms with Crippen LogP contribution in [0, 0.1) is 36.5 Å². The third-order valence-electron chi connectivity index (χ3n) is 6.88. The fourth-order valence-corrected chi connectivity index (χ4v) is 4.79. The quantitative estimate of drug-likeness (QED) is 0.165. The van der Waals surface area contributed by atoms with Crippen LogP contribution in [0.25, 0.3) is 34.4 Å². The molecule has 5 rings (SSSR count). The van der Waals surface area contributed by atoms with Crippen molar-refractivity contribution in [3.8, 4) is 12.1 Å². The summed E-state index contributed by atoms with van der Waals surface area (Å²) in [5, 5.41) is 19.2. The van der Waals surface area contributed by atoms with Gasteiger partial charge in [-0.1, -0.05) is 0 Å². The van der Waals surface area contributed by atoms with Crippen molar-refractivity contribution in [2.24, 2.45) is 0 Å². The summed E-state index contributed by atoms with van der Waals surface area (Å²) in [5.41, 5.74) is -3.82. The number of pyridine rings is 2. The summed E-state index contributed by atoms with van der Waals surface area (Å²) >= 11 is 0. The summed E-state index contributed by atoms with van der Waals surface area (Å²) in [4.78, 5) is 7.69. The molecule has 0 aliphatic heterocycles. The summed E-state index contributed by atoms with van der Waals surface area (Å²) in [7, 11) is 0. The highest BCUT2D eigenvalue weighted by molar-refractivity contribution is 6.02. The number of allylic oxidation sites excluding steroid dienone is 4. The van der Waals surface area contributed by atoms with Crippen molar-refractivity contribution in [1.29, 1.82) is 10.5 Å². The first-order valence-corrected chi connectivity index (χ1v) is 12.5. The molecule has 4 aromatic rings. The third kappa shape index (κ3) is 4.71. The van der Waals surface area contributed by atoms with Gasteiger partial charge in [0.15, 0.2) is 0 Å². The first-order chi connectivity index (χ1) is 20.3. The molecule has 1 aliphatic rings. The minimum absolute atomic E-state index is 0.0235. The predicted molar refractivity (Wildman–Crippen MR) is 144 cm³/mol. The Morgan fingerprint density at radius 3 is 1.35 bits per heavy atom. The second kappa shape index (κ2) is 10.5. The molecule has 4 aromatic heterocycles. The van der Waals surface area contributed by atoms with Crippen LogP contribution in [0.5, 0.6) is 0 Å². The van der Waals surface area contributed by atoms with Gasteiger partial charge in [-0.3, -0.25) is 9.97 Å². The maximum absolute atomic E-state index is 15.4. The highest BCUT2D eigenvalue weighted by atomic mass is 19.3. The van der Waals surface area contributed by atoms with Crippen LogP contribution in [0.4, 0.5) is 26.3 Å². The molecular weight excluding hydrogens is 574 g/mol. The second-order valence-electron chi connectivity index (χ2n) is 9.52. The lowest BCUT2D eigenvalue weighted by atomic mass is 9.94. The number of alkyl halides is 6. The number of furan rings is 2. The van der Waals surface area contributed by atoms with Crippen LogP contribution in [0.3, 0.4) is 0 Å². The summed E-state index contributed by atoms with van der Waals surface area (Å²) in [6.07, 6.45) is 7.98. The molecule has 0 aromatic carbocycles. The normalized spacial score (nSPS) is 17.5. The Hall–Kier alpha value is -5.36. The van der Waals surface area contributed by atoms with E-state index in [9.17, 15) is 19.3 Å². The molecule has 216 valence electrons. The Morgan fingerprint density at radius 2 is 1.02 bits per heavy atom. The molecule has 12 heteroatoms. The number of rotatable bonds is 6. The Bertz CT molecular complexity index is 1750. The fraction of sp³-hybridized carbons (Fsp3) is 0.161. The number of hydrogen-bond donors (Lipinski definition) is 0. The zero-order chi connectivity index (χ0) is 31.2. The van der Waals surface area contributed by atoms with E-state index in [0.717, 1.165) is 26.0 Å². The van der Waals surface area contributed by atoms with Crippen LogP contribution in [-0.2, 0) is 0 Å². The number of nitriles is 2. The average Bonchev–Trinajstić information content (AvgIpc) is 3.56. The van der Waals surface area contributed by atoms with Crippen molar-refractivity contribution < 1.29 is 35.2 Å². The third-order valence-corrected chi connectivity index (χ3v) is 6.88. The number of nitrogens with zero attached hydrogens (tertiary/aromatic N) is 4. The maximum atomic E-state index is 15.4. The minimum atomic E-state index is -5.81. The molecule has 0 amide bonds. The van der Waals surface area contributed by atoms with Gasteiger partial charge >= 0.3 is 17.8 Å². The van der Waals surface area contributed by atoms with Crippen molar-refractivity contribution in [3.63, 3.8) is 0 Å². The second-order valence-corrected chi connectivity index (χ2v) is 9.52. The summed E-state index contributed by atoms with van der Waals surface area (Å²) in [6, 6.07) is 11.6. The van der Waals surface area contributed by atoms with E-state index in [0.29, 0.717) is 11.1 Å². The van der Waals surface area contributed by atoms with Gasteiger partial charge in [-0.15, -0.1) is 0 Å². The topological polar surface area (TPSA) is 99.6 Å². The Labute approximate surface area is 240 Å². The predicted octanol–water partition coefficient (Wildman–Crippen LogP) is 8.24. The van der Waals surface area contributed by atoms with Gasteiger partial charge in [-0.25, -0.2) is 0 Å². The van der Waals surface area contributed by atoms with Crippen LogP contribution in [0.1, 0.15) is 45.3 Å². The van der Waals surface area contributed by atoms with Gasteiger partial charge in [-0.05, 0) is 73.5 Å². The molecule has 0 unspecified atom stereocenters. The molecular formula is C31H18F6N4O2. The van der Waals surface area contributed by atoms with E-state index in [1.165, 1.54) is 61.2 Å². The fourth-order valence-electron chi connectivity index (χ4n) is 4.79. The van der Waals surface area contributed by atoms with Crippen LogP contribution in [0.15, 0.2) is 70.0 Å². The number of halogens is 6. The van der Waals surface area contributed by atoms with Gasteiger partial charge in [0.1, 0.15) is 23.0 Å². The number of aromatic nitrogens is 2. The van der Waals surface area contributed by atoms with Gasteiger partial charge in [0.25, 0.3) is 0 Å². The van der Waals surface area contributed by atoms with Crippen LogP contribution in [0.2, 0.25) is 0 Å². The lowest BCUT2D eigenvalue weighted by Gasteiger charge is -2.25. The van der Waals surface area contributed by atoms with Crippen LogP contribution < -0.4 is 0 Å². The summed E-state index contributed by atoms with van der Waals surface area (Å²) < 4.78 is 102. The molecule has 6 nitrogen and oxygen atoms in total. The highest BCUT2D eigenvalue weighted by Crippen LogP contribution is 2.65. The molecule has 0 N–H and O–H groups in total. The van der Waals surface area contributed by atoms with E-state index in [-0.39, 0.29) is 34.2 Å². The molecule has 0 saturated heterocycles. The largest absolute Gasteiger partial charge is 0.461 e. The van der Waals surface area contributed by atoms with E-state index in [4.69, 9.17) is 8.83 Å². The van der Waals surface area contributed by atoms with Crippen LogP contribution >= 0.6 is 0 Å². The van der Waals surface area contributed by atoms with E-state index < -0.39 is 40.0 Å². The number of hydrogen-bond acceptors (Lipinski definition) is 6.